The second-order valence-electron chi connectivity index (χ2n) is 4.43. The third-order valence-electron chi connectivity index (χ3n) is 3.16. The van der Waals surface area contributed by atoms with Gasteiger partial charge in [0.25, 0.3) is 0 Å². The Bertz CT molecular complexity index is 389. The first-order valence-electron chi connectivity index (χ1n) is 6.10. The van der Waals surface area contributed by atoms with Crippen molar-refractivity contribution in [3.8, 4) is 0 Å². The van der Waals surface area contributed by atoms with Crippen LogP contribution in [0.5, 0.6) is 0 Å². The van der Waals surface area contributed by atoms with Gasteiger partial charge in [-0.15, -0.1) is 0 Å². The molecule has 1 aromatic carbocycles. The van der Waals surface area contributed by atoms with Crippen molar-refractivity contribution in [1.82, 2.24) is 10.2 Å². The lowest BCUT2D eigenvalue weighted by Crippen LogP contribution is -2.42. The number of benzene rings is 1. The van der Waals surface area contributed by atoms with E-state index in [9.17, 15) is 4.39 Å². The van der Waals surface area contributed by atoms with Gasteiger partial charge in [0, 0.05) is 32.7 Å². The number of nitrogens with zero attached hydrogens (tertiary/aromatic N) is 1. The summed E-state index contributed by atoms with van der Waals surface area (Å²) in [5.74, 6) is -0.114. The van der Waals surface area contributed by atoms with E-state index in [0.29, 0.717) is 4.47 Å². The molecule has 0 unspecified atom stereocenters. The van der Waals surface area contributed by atoms with E-state index in [2.05, 4.69) is 26.1 Å². The van der Waals surface area contributed by atoms with Crippen LogP contribution in [0.15, 0.2) is 16.6 Å². The molecular weight excluding hydrogens is 283 g/mol. The van der Waals surface area contributed by atoms with E-state index in [4.69, 9.17) is 0 Å². The molecule has 1 aromatic rings. The summed E-state index contributed by atoms with van der Waals surface area (Å²) in [5.41, 5.74) is 1.99. The second kappa shape index (κ2) is 5.94. The first-order chi connectivity index (χ1) is 8.20. The Balaban J connectivity index is 2.12. The van der Waals surface area contributed by atoms with Gasteiger partial charge in [-0.2, -0.15) is 0 Å². The van der Waals surface area contributed by atoms with E-state index in [0.717, 1.165) is 44.7 Å². The minimum atomic E-state index is -0.114. The molecule has 1 aliphatic rings. The fraction of sp³-hybridized carbons (Fsp3) is 0.538. The van der Waals surface area contributed by atoms with Crippen LogP contribution in [0.3, 0.4) is 0 Å². The van der Waals surface area contributed by atoms with Crippen LogP contribution in [0.2, 0.25) is 0 Å². The van der Waals surface area contributed by atoms with Crippen molar-refractivity contribution in [2.45, 2.75) is 19.9 Å². The van der Waals surface area contributed by atoms with Crippen LogP contribution >= 0.6 is 15.9 Å². The average molecular weight is 301 g/mol. The highest BCUT2D eigenvalue weighted by Gasteiger charge is 2.12. The molecule has 0 aromatic heterocycles. The fourth-order valence-corrected chi connectivity index (χ4v) is 2.73. The Hall–Kier alpha value is -0.450. The molecule has 2 rings (SSSR count). The van der Waals surface area contributed by atoms with E-state index in [-0.39, 0.29) is 5.82 Å². The molecule has 0 amide bonds. The van der Waals surface area contributed by atoms with E-state index in [1.165, 1.54) is 5.56 Å². The van der Waals surface area contributed by atoms with Crippen LogP contribution in [0, 0.1) is 5.82 Å². The SMILES string of the molecule is CCc1cc(CN2CCNCC2)cc(Br)c1F. The van der Waals surface area contributed by atoms with Gasteiger partial charge in [-0.3, -0.25) is 4.90 Å². The van der Waals surface area contributed by atoms with Gasteiger partial charge >= 0.3 is 0 Å². The molecule has 1 fully saturated rings. The largest absolute Gasteiger partial charge is 0.314 e. The van der Waals surface area contributed by atoms with Gasteiger partial charge in [0.05, 0.1) is 4.47 Å². The lowest BCUT2D eigenvalue weighted by atomic mass is 10.1. The van der Waals surface area contributed by atoms with Gasteiger partial charge in [0.2, 0.25) is 0 Å². The van der Waals surface area contributed by atoms with Crippen LogP contribution in [0.25, 0.3) is 0 Å². The Kier molecular flexibility index (Phi) is 4.54. The number of piperazine rings is 1. The summed E-state index contributed by atoms with van der Waals surface area (Å²) in [6, 6.07) is 3.89. The van der Waals surface area contributed by atoms with Crippen LogP contribution in [0.1, 0.15) is 18.1 Å². The zero-order valence-electron chi connectivity index (χ0n) is 10.1. The van der Waals surface area contributed by atoms with Gasteiger partial charge in [-0.1, -0.05) is 13.0 Å². The smallest absolute Gasteiger partial charge is 0.140 e. The standard InChI is InChI=1S/C13H18BrFN2/c1-2-11-7-10(8-12(14)13(11)15)9-17-5-3-16-4-6-17/h7-8,16H,2-6,9H2,1H3. The fourth-order valence-electron chi connectivity index (χ4n) is 2.18. The Morgan fingerprint density at radius 2 is 2.06 bits per heavy atom. The van der Waals surface area contributed by atoms with Crippen LogP contribution in [-0.2, 0) is 13.0 Å². The number of halogens is 2. The summed E-state index contributed by atoms with van der Waals surface area (Å²) in [5, 5.41) is 3.33. The molecule has 1 aliphatic heterocycles. The second-order valence-corrected chi connectivity index (χ2v) is 5.28. The number of rotatable bonds is 3. The third kappa shape index (κ3) is 3.27. The van der Waals surface area contributed by atoms with Crippen molar-refractivity contribution >= 4 is 15.9 Å². The maximum atomic E-state index is 13.7. The molecule has 1 N–H and O–H groups in total. The molecule has 0 saturated carbocycles. The van der Waals surface area contributed by atoms with Gasteiger partial charge in [-0.25, -0.2) is 4.39 Å². The van der Waals surface area contributed by atoms with E-state index >= 15 is 0 Å². The molecule has 0 bridgehead atoms. The Morgan fingerprint density at radius 1 is 1.35 bits per heavy atom. The molecule has 0 aliphatic carbocycles. The molecule has 94 valence electrons. The Labute approximate surface area is 110 Å². The van der Waals surface area contributed by atoms with Gasteiger partial charge < -0.3 is 5.32 Å². The maximum absolute atomic E-state index is 13.7. The van der Waals surface area contributed by atoms with E-state index in [1.807, 2.05) is 19.1 Å². The normalized spacial score (nSPS) is 17.4. The van der Waals surface area contributed by atoms with E-state index in [1.54, 1.807) is 0 Å². The number of hydrogen-bond acceptors (Lipinski definition) is 2. The van der Waals surface area contributed by atoms with Crippen molar-refractivity contribution < 1.29 is 4.39 Å². The van der Waals surface area contributed by atoms with Crippen molar-refractivity contribution in [2.24, 2.45) is 0 Å². The maximum Gasteiger partial charge on any atom is 0.140 e. The third-order valence-corrected chi connectivity index (χ3v) is 3.74. The quantitative estimate of drug-likeness (QED) is 0.923. The van der Waals surface area contributed by atoms with Crippen molar-refractivity contribution in [3.63, 3.8) is 0 Å². The highest BCUT2D eigenvalue weighted by molar-refractivity contribution is 9.10. The molecule has 1 heterocycles. The summed E-state index contributed by atoms with van der Waals surface area (Å²) in [7, 11) is 0. The highest BCUT2D eigenvalue weighted by Crippen LogP contribution is 2.22. The van der Waals surface area contributed by atoms with Gasteiger partial charge in [0.1, 0.15) is 5.82 Å². The van der Waals surface area contributed by atoms with Crippen molar-refractivity contribution in [3.05, 3.63) is 33.5 Å². The van der Waals surface area contributed by atoms with Crippen LogP contribution in [0.4, 0.5) is 4.39 Å². The van der Waals surface area contributed by atoms with Crippen molar-refractivity contribution in [1.29, 1.82) is 0 Å². The number of nitrogens with one attached hydrogen (secondary N) is 1. The lowest BCUT2D eigenvalue weighted by molar-refractivity contribution is 0.233. The summed E-state index contributed by atoms with van der Waals surface area (Å²) < 4.78 is 14.3. The predicted octanol–water partition coefficient (Wildman–Crippen LogP) is 2.56. The minimum absolute atomic E-state index is 0.114. The first-order valence-corrected chi connectivity index (χ1v) is 6.90. The average Bonchev–Trinajstić information content (AvgIpc) is 2.35. The monoisotopic (exact) mass is 300 g/mol. The Morgan fingerprint density at radius 3 is 2.71 bits per heavy atom. The molecule has 4 heteroatoms. The van der Waals surface area contributed by atoms with Crippen LogP contribution < -0.4 is 5.32 Å². The van der Waals surface area contributed by atoms with Crippen molar-refractivity contribution in [2.75, 3.05) is 26.2 Å². The van der Waals surface area contributed by atoms with E-state index < -0.39 is 0 Å². The minimum Gasteiger partial charge on any atom is -0.314 e. The summed E-state index contributed by atoms with van der Waals surface area (Å²) in [6.07, 6.45) is 0.736. The molecule has 0 spiro atoms. The highest BCUT2D eigenvalue weighted by atomic mass is 79.9. The zero-order valence-corrected chi connectivity index (χ0v) is 11.7. The molecule has 0 atom stereocenters. The lowest BCUT2D eigenvalue weighted by Gasteiger charge is -2.27. The number of aryl methyl sites for hydroxylation is 1. The summed E-state index contributed by atoms with van der Waals surface area (Å²) in [4.78, 5) is 2.40. The van der Waals surface area contributed by atoms with Crippen LogP contribution in [-0.4, -0.2) is 31.1 Å². The molecule has 2 nitrogen and oxygen atoms in total. The molecule has 17 heavy (non-hydrogen) atoms. The van der Waals surface area contributed by atoms with Gasteiger partial charge in [0.15, 0.2) is 0 Å². The zero-order chi connectivity index (χ0) is 12.3. The summed E-state index contributed by atoms with van der Waals surface area (Å²) >= 11 is 3.30. The predicted molar refractivity (Wildman–Crippen MR) is 71.6 cm³/mol. The number of hydrogen-bond donors (Lipinski definition) is 1. The molecule has 0 radical (unpaired) electrons. The first kappa shape index (κ1) is 13.0. The molecule has 1 saturated heterocycles. The van der Waals surface area contributed by atoms with Gasteiger partial charge in [-0.05, 0) is 39.5 Å². The topological polar surface area (TPSA) is 15.3 Å². The molecular formula is C13H18BrFN2. The summed E-state index contributed by atoms with van der Waals surface area (Å²) in [6.45, 7) is 7.12.